The highest BCUT2D eigenvalue weighted by Gasteiger charge is 2.34. The second kappa shape index (κ2) is 7.82. The number of hydrogen-bond acceptors (Lipinski definition) is 3. The minimum atomic E-state index is -4.97. The van der Waals surface area contributed by atoms with Gasteiger partial charge < -0.3 is 9.47 Å². The lowest BCUT2D eigenvalue weighted by Crippen LogP contribution is -2.18. The molecule has 1 heterocycles. The van der Waals surface area contributed by atoms with E-state index in [2.05, 4.69) is 14.5 Å². The first-order valence-electron chi connectivity index (χ1n) is 7.89. The summed E-state index contributed by atoms with van der Waals surface area (Å²) in [6.07, 6.45) is -8.78. The Labute approximate surface area is 165 Å². The maximum atomic E-state index is 12.8. The molecule has 0 aliphatic carbocycles. The average Bonchev–Trinajstić information content (AvgIpc) is 2.60. The van der Waals surface area contributed by atoms with E-state index in [0.29, 0.717) is 0 Å². The Kier molecular flexibility index (Phi) is 5.61. The molecule has 0 aliphatic heterocycles. The summed E-state index contributed by atoms with van der Waals surface area (Å²) in [4.78, 5) is 4.04. The quantitative estimate of drug-likeness (QED) is 0.421. The molecule has 3 nitrogen and oxygen atoms in total. The largest absolute Gasteiger partial charge is 0.573 e. The Morgan fingerprint density at radius 3 is 1.72 bits per heavy atom. The molecule has 0 fully saturated rings. The second-order valence-electron chi connectivity index (χ2n) is 5.64. The predicted molar refractivity (Wildman–Crippen MR) is 93.5 cm³/mol. The third kappa shape index (κ3) is 5.32. The first-order chi connectivity index (χ1) is 13.5. The van der Waals surface area contributed by atoms with E-state index < -0.39 is 24.2 Å². The highest BCUT2D eigenvalue weighted by Crippen LogP contribution is 2.42. The maximum absolute atomic E-state index is 12.8. The standard InChI is InChI=1S/C19H10ClF6NO2/c20-11-9-14(12-5-1-3-7-15(12)28-18(21,22)23)17(27-10-11)13-6-2-4-8-16(13)29-19(24,25)26/h1-10H. The van der Waals surface area contributed by atoms with E-state index in [1.165, 1.54) is 42.5 Å². The number of nitrogens with zero attached hydrogens (tertiary/aromatic N) is 1. The molecule has 152 valence electrons. The highest BCUT2D eigenvalue weighted by atomic mass is 35.5. The van der Waals surface area contributed by atoms with Gasteiger partial charge in [-0.1, -0.05) is 41.9 Å². The van der Waals surface area contributed by atoms with Gasteiger partial charge in [0.05, 0.1) is 10.7 Å². The molecular weight excluding hydrogens is 424 g/mol. The molecule has 0 atom stereocenters. The number of para-hydroxylation sites is 2. The van der Waals surface area contributed by atoms with Gasteiger partial charge in [0, 0.05) is 22.9 Å². The van der Waals surface area contributed by atoms with Crippen LogP contribution in [-0.2, 0) is 0 Å². The Hall–Kier alpha value is -2.94. The number of hydrogen-bond donors (Lipinski definition) is 0. The molecule has 29 heavy (non-hydrogen) atoms. The zero-order valence-corrected chi connectivity index (χ0v) is 14.9. The molecule has 0 spiro atoms. The van der Waals surface area contributed by atoms with Crippen LogP contribution in [0.15, 0.2) is 60.8 Å². The summed E-state index contributed by atoms with van der Waals surface area (Å²) in [6, 6.07) is 11.6. The smallest absolute Gasteiger partial charge is 0.405 e. The Morgan fingerprint density at radius 2 is 1.17 bits per heavy atom. The van der Waals surface area contributed by atoms with Gasteiger partial charge in [-0.15, -0.1) is 26.3 Å². The van der Waals surface area contributed by atoms with Crippen LogP contribution in [0, 0.1) is 0 Å². The number of aromatic nitrogens is 1. The van der Waals surface area contributed by atoms with Gasteiger partial charge >= 0.3 is 12.7 Å². The van der Waals surface area contributed by atoms with Crippen LogP contribution in [0.3, 0.4) is 0 Å². The van der Waals surface area contributed by atoms with Gasteiger partial charge in [-0.25, -0.2) is 0 Å². The van der Waals surface area contributed by atoms with Crippen LogP contribution in [0.1, 0.15) is 0 Å². The number of alkyl halides is 6. The lowest BCUT2D eigenvalue weighted by molar-refractivity contribution is -0.275. The Balaban J connectivity index is 2.21. The Bertz CT molecular complexity index is 1020. The van der Waals surface area contributed by atoms with Crippen LogP contribution in [0.2, 0.25) is 5.02 Å². The fraction of sp³-hybridized carbons (Fsp3) is 0.105. The van der Waals surface area contributed by atoms with Crippen molar-refractivity contribution in [3.63, 3.8) is 0 Å². The van der Waals surface area contributed by atoms with Crippen molar-refractivity contribution in [2.75, 3.05) is 0 Å². The lowest BCUT2D eigenvalue weighted by Gasteiger charge is -2.17. The molecule has 0 unspecified atom stereocenters. The molecule has 2 aromatic carbocycles. The number of benzene rings is 2. The van der Waals surface area contributed by atoms with Gasteiger partial charge in [0.25, 0.3) is 0 Å². The highest BCUT2D eigenvalue weighted by molar-refractivity contribution is 6.30. The summed E-state index contributed by atoms with van der Waals surface area (Å²) >= 11 is 5.95. The molecule has 0 saturated carbocycles. The molecule has 0 bridgehead atoms. The minimum Gasteiger partial charge on any atom is -0.405 e. The summed E-state index contributed by atoms with van der Waals surface area (Å²) in [5.41, 5.74) is -0.169. The van der Waals surface area contributed by atoms with Crippen molar-refractivity contribution in [2.45, 2.75) is 12.7 Å². The van der Waals surface area contributed by atoms with Gasteiger partial charge in [-0.2, -0.15) is 0 Å². The zero-order valence-electron chi connectivity index (χ0n) is 14.2. The summed E-state index contributed by atoms with van der Waals surface area (Å²) in [5.74, 6) is -1.12. The fourth-order valence-corrected chi connectivity index (χ4v) is 2.80. The topological polar surface area (TPSA) is 31.4 Å². The molecule has 10 heteroatoms. The van der Waals surface area contributed by atoms with Crippen molar-refractivity contribution in [1.82, 2.24) is 4.98 Å². The van der Waals surface area contributed by atoms with E-state index in [9.17, 15) is 26.3 Å². The second-order valence-corrected chi connectivity index (χ2v) is 6.07. The summed E-state index contributed by atoms with van der Waals surface area (Å²) in [6.45, 7) is 0. The van der Waals surface area contributed by atoms with E-state index in [1.807, 2.05) is 0 Å². The van der Waals surface area contributed by atoms with Crippen LogP contribution in [0.5, 0.6) is 11.5 Å². The molecule has 0 radical (unpaired) electrons. The third-order valence-electron chi connectivity index (χ3n) is 3.63. The van der Waals surface area contributed by atoms with Gasteiger partial charge in [0.1, 0.15) is 11.5 Å². The molecular formula is C19H10ClF6NO2. The van der Waals surface area contributed by atoms with E-state index in [0.717, 1.165) is 18.3 Å². The van der Waals surface area contributed by atoms with E-state index in [1.54, 1.807) is 0 Å². The fourth-order valence-electron chi connectivity index (χ4n) is 2.64. The van der Waals surface area contributed by atoms with Crippen molar-refractivity contribution < 1.29 is 35.8 Å². The van der Waals surface area contributed by atoms with Crippen molar-refractivity contribution in [3.05, 3.63) is 65.8 Å². The van der Waals surface area contributed by atoms with Crippen LogP contribution >= 0.6 is 11.6 Å². The first-order valence-corrected chi connectivity index (χ1v) is 8.27. The number of halogens is 7. The van der Waals surface area contributed by atoms with Crippen molar-refractivity contribution in [1.29, 1.82) is 0 Å². The third-order valence-corrected chi connectivity index (χ3v) is 3.83. The van der Waals surface area contributed by atoms with Crippen LogP contribution in [-0.4, -0.2) is 17.7 Å². The first kappa shape index (κ1) is 20.8. The molecule has 0 N–H and O–H groups in total. The average molecular weight is 434 g/mol. The Morgan fingerprint density at radius 1 is 0.690 bits per heavy atom. The normalized spacial score (nSPS) is 12.0. The van der Waals surface area contributed by atoms with E-state index in [-0.39, 0.29) is 27.4 Å². The number of pyridine rings is 1. The van der Waals surface area contributed by atoms with Gasteiger partial charge in [-0.3, -0.25) is 4.98 Å². The molecule has 1 aromatic heterocycles. The zero-order chi connectivity index (χ0) is 21.2. The van der Waals surface area contributed by atoms with Crippen molar-refractivity contribution >= 4 is 11.6 Å². The minimum absolute atomic E-state index is 0.0376. The van der Waals surface area contributed by atoms with Gasteiger partial charge in [-0.05, 0) is 24.3 Å². The van der Waals surface area contributed by atoms with Gasteiger partial charge in [0.2, 0.25) is 0 Å². The summed E-state index contributed by atoms with van der Waals surface area (Å²) < 4.78 is 84.7. The number of ether oxygens (including phenoxy) is 2. The summed E-state index contributed by atoms with van der Waals surface area (Å²) in [7, 11) is 0. The molecule has 0 aliphatic rings. The van der Waals surface area contributed by atoms with E-state index in [4.69, 9.17) is 11.6 Å². The SMILES string of the molecule is FC(F)(F)Oc1ccccc1-c1cc(Cl)cnc1-c1ccccc1OC(F)(F)F. The van der Waals surface area contributed by atoms with Crippen LogP contribution < -0.4 is 9.47 Å². The maximum Gasteiger partial charge on any atom is 0.573 e. The molecule has 0 saturated heterocycles. The monoisotopic (exact) mass is 433 g/mol. The molecule has 0 amide bonds. The predicted octanol–water partition coefficient (Wildman–Crippen LogP) is 6.87. The van der Waals surface area contributed by atoms with E-state index >= 15 is 0 Å². The van der Waals surface area contributed by atoms with Gasteiger partial charge in [0.15, 0.2) is 0 Å². The van der Waals surface area contributed by atoms with Crippen molar-refractivity contribution in [2.24, 2.45) is 0 Å². The number of rotatable bonds is 4. The van der Waals surface area contributed by atoms with Crippen LogP contribution in [0.4, 0.5) is 26.3 Å². The summed E-state index contributed by atoms with van der Waals surface area (Å²) in [5, 5.41) is 0.0692. The molecule has 3 rings (SSSR count). The van der Waals surface area contributed by atoms with Crippen molar-refractivity contribution in [3.8, 4) is 33.9 Å². The molecule has 3 aromatic rings. The van der Waals surface area contributed by atoms with Crippen LogP contribution in [0.25, 0.3) is 22.4 Å². The lowest BCUT2D eigenvalue weighted by atomic mass is 9.98.